The Kier molecular flexibility index (Phi) is 7.18. The monoisotopic (exact) mass is 424 g/mol. The van der Waals surface area contributed by atoms with Gasteiger partial charge >= 0.3 is 6.03 Å². The number of anilines is 2. The van der Waals surface area contributed by atoms with Crippen molar-refractivity contribution < 1.29 is 4.79 Å². The van der Waals surface area contributed by atoms with Crippen LogP contribution >= 0.6 is 11.8 Å². The molecule has 2 heterocycles. The zero-order valence-electron chi connectivity index (χ0n) is 17.8. The van der Waals surface area contributed by atoms with Gasteiger partial charge < -0.3 is 15.1 Å². The molecule has 6 heteroatoms. The van der Waals surface area contributed by atoms with Crippen LogP contribution in [0.5, 0.6) is 0 Å². The molecule has 2 amide bonds. The predicted octanol–water partition coefficient (Wildman–Crippen LogP) is 4.29. The molecule has 2 aliphatic heterocycles. The maximum Gasteiger partial charge on any atom is 0.321 e. The molecule has 5 nitrogen and oxygen atoms in total. The Labute approximate surface area is 184 Å². The van der Waals surface area contributed by atoms with Crippen molar-refractivity contribution in [1.29, 1.82) is 0 Å². The van der Waals surface area contributed by atoms with Gasteiger partial charge in [-0.1, -0.05) is 30.3 Å². The molecule has 0 saturated carbocycles. The SMILES string of the molecule is Cc1cc(N2CCSCC2)ccc1NC(=O)N1CCCN(Cc2ccccc2)CC1. The molecule has 0 unspecified atom stereocenters. The van der Waals surface area contributed by atoms with E-state index in [2.05, 4.69) is 70.6 Å². The number of hydrogen-bond acceptors (Lipinski definition) is 4. The molecule has 2 saturated heterocycles. The first-order valence-corrected chi connectivity index (χ1v) is 12.1. The van der Waals surface area contributed by atoms with Gasteiger partial charge in [-0.25, -0.2) is 4.79 Å². The van der Waals surface area contributed by atoms with E-state index in [4.69, 9.17) is 0 Å². The highest BCUT2D eigenvalue weighted by atomic mass is 32.2. The lowest BCUT2D eigenvalue weighted by Gasteiger charge is -2.29. The van der Waals surface area contributed by atoms with Crippen LogP contribution < -0.4 is 10.2 Å². The van der Waals surface area contributed by atoms with Crippen molar-refractivity contribution in [2.45, 2.75) is 19.9 Å². The van der Waals surface area contributed by atoms with Gasteiger partial charge in [0.2, 0.25) is 0 Å². The number of benzene rings is 2. The average molecular weight is 425 g/mol. The van der Waals surface area contributed by atoms with Gasteiger partial charge in [0.15, 0.2) is 0 Å². The summed E-state index contributed by atoms with van der Waals surface area (Å²) < 4.78 is 0. The van der Waals surface area contributed by atoms with Crippen molar-refractivity contribution in [3.8, 4) is 0 Å². The standard InChI is InChI=1S/C24H32N4OS/c1-20-18-22(27-14-16-30-17-15-27)8-9-23(20)25-24(29)28-11-5-10-26(12-13-28)19-21-6-3-2-4-7-21/h2-4,6-9,18H,5,10-17,19H2,1H3,(H,25,29). The van der Waals surface area contributed by atoms with E-state index in [1.54, 1.807) is 0 Å². The maximum atomic E-state index is 12.9. The summed E-state index contributed by atoms with van der Waals surface area (Å²) in [6.45, 7) is 8.74. The second kappa shape index (κ2) is 10.2. The molecule has 0 aromatic heterocycles. The predicted molar refractivity (Wildman–Crippen MR) is 128 cm³/mol. The van der Waals surface area contributed by atoms with Crippen LogP contribution in [0.4, 0.5) is 16.2 Å². The average Bonchev–Trinajstić information content (AvgIpc) is 3.02. The molecule has 1 N–H and O–H groups in total. The summed E-state index contributed by atoms with van der Waals surface area (Å²) in [4.78, 5) is 19.7. The Morgan fingerprint density at radius 2 is 1.77 bits per heavy atom. The highest BCUT2D eigenvalue weighted by Crippen LogP contribution is 2.25. The number of thioether (sulfide) groups is 1. The summed E-state index contributed by atoms with van der Waals surface area (Å²) in [5, 5.41) is 3.15. The fourth-order valence-electron chi connectivity index (χ4n) is 4.17. The summed E-state index contributed by atoms with van der Waals surface area (Å²) in [6, 6.07) is 17.0. The van der Waals surface area contributed by atoms with Gasteiger partial charge in [0, 0.05) is 68.7 Å². The van der Waals surface area contributed by atoms with Crippen LogP contribution in [-0.2, 0) is 6.54 Å². The van der Waals surface area contributed by atoms with Crippen LogP contribution in [-0.4, -0.2) is 66.6 Å². The van der Waals surface area contributed by atoms with E-state index >= 15 is 0 Å². The van der Waals surface area contributed by atoms with E-state index in [9.17, 15) is 4.79 Å². The van der Waals surface area contributed by atoms with Crippen LogP contribution in [0.1, 0.15) is 17.5 Å². The number of hydrogen-bond donors (Lipinski definition) is 1. The first-order valence-electron chi connectivity index (χ1n) is 10.9. The van der Waals surface area contributed by atoms with Crippen molar-refractivity contribution in [2.75, 3.05) is 61.0 Å². The summed E-state index contributed by atoms with van der Waals surface area (Å²) in [6.07, 6.45) is 1.01. The zero-order chi connectivity index (χ0) is 20.8. The lowest BCUT2D eigenvalue weighted by atomic mass is 10.1. The molecule has 0 radical (unpaired) electrons. The zero-order valence-corrected chi connectivity index (χ0v) is 18.7. The van der Waals surface area contributed by atoms with Crippen LogP contribution in [0.15, 0.2) is 48.5 Å². The van der Waals surface area contributed by atoms with Crippen molar-refractivity contribution in [1.82, 2.24) is 9.80 Å². The summed E-state index contributed by atoms with van der Waals surface area (Å²) >= 11 is 2.02. The molecule has 0 bridgehead atoms. The van der Waals surface area contributed by atoms with E-state index in [1.807, 2.05) is 16.7 Å². The first-order chi connectivity index (χ1) is 14.7. The minimum absolute atomic E-state index is 0.0155. The summed E-state index contributed by atoms with van der Waals surface area (Å²) in [5.74, 6) is 2.38. The van der Waals surface area contributed by atoms with Crippen molar-refractivity contribution >= 4 is 29.2 Å². The minimum atomic E-state index is 0.0155. The van der Waals surface area contributed by atoms with Crippen LogP contribution in [0.3, 0.4) is 0 Å². The van der Waals surface area contributed by atoms with Gasteiger partial charge in [-0.15, -0.1) is 0 Å². The number of amides is 2. The second-order valence-corrected chi connectivity index (χ2v) is 9.36. The van der Waals surface area contributed by atoms with Crippen molar-refractivity contribution in [3.63, 3.8) is 0 Å². The number of nitrogens with one attached hydrogen (secondary N) is 1. The molecule has 4 rings (SSSR count). The molecule has 0 atom stereocenters. The lowest BCUT2D eigenvalue weighted by Crippen LogP contribution is -2.38. The third kappa shape index (κ3) is 5.49. The van der Waals surface area contributed by atoms with Crippen LogP contribution in [0.25, 0.3) is 0 Å². The smallest absolute Gasteiger partial charge is 0.321 e. The summed E-state index contributed by atoms with van der Waals surface area (Å²) in [5.41, 5.74) is 4.63. The number of nitrogens with zero attached hydrogens (tertiary/aromatic N) is 3. The molecule has 0 aliphatic carbocycles. The molecule has 2 aromatic carbocycles. The molecular weight excluding hydrogens is 392 g/mol. The normalized spacial score (nSPS) is 18.2. The highest BCUT2D eigenvalue weighted by molar-refractivity contribution is 7.99. The van der Waals surface area contributed by atoms with Gasteiger partial charge in [0.05, 0.1) is 0 Å². The fourth-order valence-corrected chi connectivity index (χ4v) is 5.08. The van der Waals surface area contributed by atoms with Gasteiger partial charge in [-0.2, -0.15) is 11.8 Å². The molecule has 2 fully saturated rings. The molecule has 0 spiro atoms. The topological polar surface area (TPSA) is 38.8 Å². The lowest BCUT2D eigenvalue weighted by molar-refractivity contribution is 0.211. The van der Waals surface area contributed by atoms with E-state index in [-0.39, 0.29) is 6.03 Å². The number of urea groups is 1. The van der Waals surface area contributed by atoms with Crippen molar-refractivity contribution in [2.24, 2.45) is 0 Å². The Morgan fingerprint density at radius 1 is 0.967 bits per heavy atom. The number of carbonyl (C=O) groups is 1. The van der Waals surface area contributed by atoms with Crippen molar-refractivity contribution in [3.05, 3.63) is 59.7 Å². The van der Waals surface area contributed by atoms with Crippen LogP contribution in [0, 0.1) is 6.92 Å². The first kappa shape index (κ1) is 21.1. The molecule has 160 valence electrons. The second-order valence-electron chi connectivity index (χ2n) is 8.13. The number of carbonyl (C=O) groups excluding carboxylic acids is 1. The Balaban J connectivity index is 1.32. The largest absolute Gasteiger partial charge is 0.370 e. The van der Waals surface area contributed by atoms with Gasteiger partial charge in [-0.3, -0.25) is 4.90 Å². The Bertz CT molecular complexity index is 838. The third-order valence-corrected chi connectivity index (χ3v) is 6.90. The Morgan fingerprint density at radius 3 is 2.53 bits per heavy atom. The molecule has 2 aromatic rings. The van der Waals surface area contributed by atoms with Crippen LogP contribution in [0.2, 0.25) is 0 Å². The van der Waals surface area contributed by atoms with E-state index in [1.165, 1.54) is 22.8 Å². The third-order valence-electron chi connectivity index (χ3n) is 5.95. The number of aryl methyl sites for hydroxylation is 1. The fraction of sp³-hybridized carbons (Fsp3) is 0.458. The quantitative estimate of drug-likeness (QED) is 0.795. The number of rotatable bonds is 4. The van der Waals surface area contributed by atoms with E-state index in [0.717, 1.165) is 63.5 Å². The van der Waals surface area contributed by atoms with Gasteiger partial charge in [0.1, 0.15) is 0 Å². The van der Waals surface area contributed by atoms with Gasteiger partial charge in [-0.05, 0) is 42.7 Å². The maximum absolute atomic E-state index is 12.9. The molecule has 2 aliphatic rings. The highest BCUT2D eigenvalue weighted by Gasteiger charge is 2.20. The van der Waals surface area contributed by atoms with Gasteiger partial charge in [0.25, 0.3) is 0 Å². The minimum Gasteiger partial charge on any atom is -0.370 e. The van der Waals surface area contributed by atoms with E-state index < -0.39 is 0 Å². The van der Waals surface area contributed by atoms with E-state index in [0.29, 0.717) is 0 Å². The Hall–Kier alpha value is -2.18. The molecular formula is C24H32N4OS. The summed E-state index contributed by atoms with van der Waals surface area (Å²) in [7, 11) is 0. The molecule has 30 heavy (non-hydrogen) atoms.